The van der Waals surface area contributed by atoms with Crippen LogP contribution >= 0.6 is 0 Å². The van der Waals surface area contributed by atoms with Crippen LogP contribution < -0.4 is 5.32 Å². The molecule has 4 heteroatoms. The molecule has 1 saturated heterocycles. The number of carbonyl (C=O) groups is 1. The summed E-state index contributed by atoms with van der Waals surface area (Å²) in [5.41, 5.74) is 1.39. The third-order valence-electron chi connectivity index (χ3n) is 5.34. The topological polar surface area (TPSA) is 51.2 Å². The van der Waals surface area contributed by atoms with Crippen molar-refractivity contribution in [3.05, 3.63) is 66.0 Å². The predicted molar refractivity (Wildman–Crippen MR) is 91.5 cm³/mol. The Morgan fingerprint density at radius 2 is 1.88 bits per heavy atom. The van der Waals surface area contributed by atoms with E-state index in [1.165, 1.54) is 0 Å². The quantitative estimate of drug-likeness (QED) is 0.921. The van der Waals surface area contributed by atoms with Crippen LogP contribution in [0.15, 0.2) is 54.9 Å². The Morgan fingerprint density at radius 3 is 2.50 bits per heavy atom. The van der Waals surface area contributed by atoms with E-state index < -0.39 is 0 Å². The number of hydrogen-bond donors (Lipinski definition) is 1. The molecule has 1 amide bonds. The van der Waals surface area contributed by atoms with E-state index in [4.69, 9.17) is 4.74 Å². The fourth-order valence-electron chi connectivity index (χ4n) is 3.72. The molecule has 1 aliphatic carbocycles. The summed E-state index contributed by atoms with van der Waals surface area (Å²) >= 11 is 0. The van der Waals surface area contributed by atoms with E-state index in [1.807, 2.05) is 36.5 Å². The van der Waals surface area contributed by atoms with Crippen LogP contribution in [-0.2, 0) is 20.5 Å². The smallest absolute Gasteiger partial charge is 0.230 e. The highest BCUT2D eigenvalue weighted by molar-refractivity contribution is 5.91. The minimum absolute atomic E-state index is 0.0984. The highest BCUT2D eigenvalue weighted by atomic mass is 16.5. The number of aromatic nitrogens is 1. The Balaban J connectivity index is 1.50. The molecule has 1 unspecified atom stereocenters. The summed E-state index contributed by atoms with van der Waals surface area (Å²) in [6, 6.07) is 14.1. The van der Waals surface area contributed by atoms with Gasteiger partial charge in [0.05, 0.1) is 12.0 Å². The number of rotatable bonds is 5. The average molecular weight is 322 g/mol. The molecule has 0 spiro atoms. The van der Waals surface area contributed by atoms with Gasteiger partial charge in [0.2, 0.25) is 5.91 Å². The molecule has 2 heterocycles. The van der Waals surface area contributed by atoms with Crippen molar-refractivity contribution >= 4 is 5.91 Å². The van der Waals surface area contributed by atoms with Crippen LogP contribution in [-0.4, -0.2) is 24.0 Å². The van der Waals surface area contributed by atoms with Crippen molar-refractivity contribution < 1.29 is 9.53 Å². The lowest BCUT2D eigenvalue weighted by Crippen LogP contribution is -2.44. The first-order valence-electron chi connectivity index (χ1n) is 8.64. The minimum atomic E-state index is -0.387. The molecule has 124 valence electrons. The van der Waals surface area contributed by atoms with Crippen LogP contribution in [0.1, 0.15) is 36.8 Å². The second kappa shape index (κ2) is 6.02. The number of nitrogens with one attached hydrogen (secondary N) is 1. The number of benzene rings is 1. The monoisotopic (exact) mass is 322 g/mol. The molecule has 4 rings (SSSR count). The Bertz CT molecular complexity index is 705. The first kappa shape index (κ1) is 15.3. The molecule has 1 atom stereocenters. The molecule has 1 aliphatic heterocycles. The third-order valence-corrected chi connectivity index (χ3v) is 5.34. The van der Waals surface area contributed by atoms with Crippen molar-refractivity contribution in [2.45, 2.75) is 36.7 Å². The highest BCUT2D eigenvalue weighted by Crippen LogP contribution is 2.48. The Morgan fingerprint density at radius 1 is 1.08 bits per heavy atom. The molecule has 2 aromatic rings. The molecule has 4 nitrogen and oxygen atoms in total. The van der Waals surface area contributed by atoms with Crippen molar-refractivity contribution in [1.29, 1.82) is 0 Å². The summed E-state index contributed by atoms with van der Waals surface area (Å²) in [7, 11) is 0. The average Bonchev–Trinajstić information content (AvgIpc) is 3.33. The van der Waals surface area contributed by atoms with Crippen LogP contribution in [0.4, 0.5) is 0 Å². The summed E-state index contributed by atoms with van der Waals surface area (Å²) in [6.45, 7) is 1.27. The third kappa shape index (κ3) is 2.61. The standard InChI is InChI=1S/C20H22N2O2/c23-18(19(10-11-19)17-8-4-12-21-14-17)22-15-20(9-5-13-24-20)16-6-2-1-3-7-16/h1-4,6-8,12,14H,5,9-11,13,15H2,(H,22,23). The summed E-state index contributed by atoms with van der Waals surface area (Å²) in [5, 5.41) is 3.17. The summed E-state index contributed by atoms with van der Waals surface area (Å²) in [6.07, 6.45) is 7.31. The fraction of sp³-hybridized carbons (Fsp3) is 0.400. The van der Waals surface area contributed by atoms with Gasteiger partial charge in [-0.05, 0) is 42.9 Å². The zero-order valence-electron chi connectivity index (χ0n) is 13.7. The van der Waals surface area contributed by atoms with E-state index in [0.717, 1.165) is 43.4 Å². The van der Waals surface area contributed by atoms with E-state index in [-0.39, 0.29) is 16.9 Å². The molecule has 1 aromatic carbocycles. The summed E-state index contributed by atoms with van der Waals surface area (Å²) in [4.78, 5) is 17.0. The van der Waals surface area contributed by atoms with Gasteiger partial charge in [-0.1, -0.05) is 36.4 Å². The van der Waals surface area contributed by atoms with Crippen molar-refractivity contribution in [2.75, 3.05) is 13.2 Å². The first-order chi connectivity index (χ1) is 11.8. The molecule has 2 fully saturated rings. The highest BCUT2D eigenvalue weighted by Gasteiger charge is 2.52. The number of nitrogens with zero attached hydrogens (tertiary/aromatic N) is 1. The van der Waals surface area contributed by atoms with Crippen LogP contribution in [0.25, 0.3) is 0 Å². The van der Waals surface area contributed by atoms with Gasteiger partial charge in [-0.25, -0.2) is 0 Å². The van der Waals surface area contributed by atoms with Crippen molar-refractivity contribution in [2.24, 2.45) is 0 Å². The molecule has 24 heavy (non-hydrogen) atoms. The van der Waals surface area contributed by atoms with E-state index in [9.17, 15) is 4.79 Å². The van der Waals surface area contributed by atoms with Gasteiger partial charge in [0.25, 0.3) is 0 Å². The molecular weight excluding hydrogens is 300 g/mol. The van der Waals surface area contributed by atoms with Gasteiger partial charge in [-0.2, -0.15) is 0 Å². The van der Waals surface area contributed by atoms with Crippen LogP contribution in [0.2, 0.25) is 0 Å². The molecule has 1 N–H and O–H groups in total. The van der Waals surface area contributed by atoms with Crippen LogP contribution in [0, 0.1) is 0 Å². The second-order valence-corrected chi connectivity index (χ2v) is 6.82. The van der Waals surface area contributed by atoms with Crippen molar-refractivity contribution in [1.82, 2.24) is 10.3 Å². The van der Waals surface area contributed by atoms with Gasteiger partial charge in [-0.15, -0.1) is 0 Å². The summed E-state index contributed by atoms with van der Waals surface area (Å²) in [5.74, 6) is 0.0984. The minimum Gasteiger partial charge on any atom is -0.368 e. The Labute approximate surface area is 142 Å². The van der Waals surface area contributed by atoms with Gasteiger partial charge >= 0.3 is 0 Å². The van der Waals surface area contributed by atoms with Gasteiger partial charge in [0.1, 0.15) is 5.60 Å². The van der Waals surface area contributed by atoms with E-state index in [1.54, 1.807) is 6.20 Å². The maximum atomic E-state index is 12.9. The lowest BCUT2D eigenvalue weighted by molar-refractivity contribution is -0.125. The van der Waals surface area contributed by atoms with E-state index in [0.29, 0.717) is 6.54 Å². The van der Waals surface area contributed by atoms with Gasteiger partial charge in [0, 0.05) is 19.0 Å². The van der Waals surface area contributed by atoms with Gasteiger partial charge in [0.15, 0.2) is 0 Å². The maximum Gasteiger partial charge on any atom is 0.230 e. The SMILES string of the molecule is O=C(NCC1(c2ccccc2)CCCO1)C1(c2cccnc2)CC1. The normalized spacial score (nSPS) is 24.5. The van der Waals surface area contributed by atoms with Gasteiger partial charge in [-0.3, -0.25) is 9.78 Å². The zero-order chi connectivity index (χ0) is 16.5. The largest absolute Gasteiger partial charge is 0.368 e. The maximum absolute atomic E-state index is 12.9. The zero-order valence-corrected chi connectivity index (χ0v) is 13.7. The number of ether oxygens (including phenoxy) is 1. The first-order valence-corrected chi connectivity index (χ1v) is 8.64. The van der Waals surface area contributed by atoms with Crippen LogP contribution in [0.3, 0.4) is 0 Å². The Kier molecular flexibility index (Phi) is 3.85. The predicted octanol–water partition coefficient (Wildman–Crippen LogP) is 2.94. The van der Waals surface area contributed by atoms with Crippen molar-refractivity contribution in [3.8, 4) is 0 Å². The molecule has 2 aliphatic rings. The van der Waals surface area contributed by atoms with Gasteiger partial charge < -0.3 is 10.1 Å². The van der Waals surface area contributed by atoms with Crippen LogP contribution in [0.5, 0.6) is 0 Å². The summed E-state index contributed by atoms with van der Waals surface area (Å²) < 4.78 is 6.09. The lowest BCUT2D eigenvalue weighted by Gasteiger charge is -2.30. The molecule has 0 radical (unpaired) electrons. The number of hydrogen-bond acceptors (Lipinski definition) is 3. The number of amides is 1. The number of carbonyl (C=O) groups excluding carboxylic acids is 1. The van der Waals surface area contributed by atoms with E-state index in [2.05, 4.69) is 22.4 Å². The molecular formula is C20H22N2O2. The number of pyridine rings is 1. The molecule has 1 aromatic heterocycles. The molecule has 1 saturated carbocycles. The lowest BCUT2D eigenvalue weighted by atomic mass is 9.90. The van der Waals surface area contributed by atoms with Crippen molar-refractivity contribution in [3.63, 3.8) is 0 Å². The molecule has 0 bridgehead atoms. The Hall–Kier alpha value is -2.20. The fourth-order valence-corrected chi connectivity index (χ4v) is 3.72. The van der Waals surface area contributed by atoms with E-state index >= 15 is 0 Å². The second-order valence-electron chi connectivity index (χ2n) is 6.82.